The summed E-state index contributed by atoms with van der Waals surface area (Å²) < 4.78 is 33.5. The number of guanidine groups is 1. The fraction of sp³-hybridized carbons (Fsp3) is 0.562. The number of nitrogens with one attached hydrogen (secondary N) is 2. The van der Waals surface area contributed by atoms with Crippen LogP contribution < -0.4 is 20.1 Å². The number of ether oxygens (including phenoxy) is 2. The lowest BCUT2D eigenvalue weighted by molar-refractivity contribution is 0.174. The largest absolute Gasteiger partial charge is 0.454 e. The minimum atomic E-state index is -2.82. The first-order valence-corrected chi connectivity index (χ1v) is 10.1. The second-order valence-electron chi connectivity index (χ2n) is 6.03. The summed E-state index contributed by atoms with van der Waals surface area (Å²) >= 11 is 0. The van der Waals surface area contributed by atoms with Gasteiger partial charge in [-0.1, -0.05) is 6.07 Å². The van der Waals surface area contributed by atoms with Crippen LogP contribution in [0.25, 0.3) is 0 Å². The van der Waals surface area contributed by atoms with Crippen LogP contribution in [0.4, 0.5) is 0 Å². The molecule has 0 unspecified atom stereocenters. The molecule has 3 rings (SSSR count). The summed E-state index contributed by atoms with van der Waals surface area (Å²) in [5.74, 6) is 2.76. The Labute approximate surface area is 148 Å². The number of rotatable bonds is 5. The SMILES string of the molecule is CN=C(NCCN1CCS(=O)(=O)CC1)NCc1ccc2c(c1)OCO2. The third kappa shape index (κ3) is 4.99. The Morgan fingerprint density at radius 1 is 1.20 bits per heavy atom. The molecular formula is C16H24N4O4S. The number of sulfone groups is 1. The van der Waals surface area contributed by atoms with Crippen molar-refractivity contribution in [3.8, 4) is 11.5 Å². The molecule has 2 N–H and O–H groups in total. The van der Waals surface area contributed by atoms with Gasteiger partial charge in [0.25, 0.3) is 0 Å². The third-order valence-electron chi connectivity index (χ3n) is 4.28. The lowest BCUT2D eigenvalue weighted by Crippen LogP contribution is -2.45. The summed E-state index contributed by atoms with van der Waals surface area (Å²) in [6, 6.07) is 5.85. The second kappa shape index (κ2) is 7.92. The Balaban J connectivity index is 1.40. The van der Waals surface area contributed by atoms with E-state index in [1.807, 2.05) is 18.2 Å². The van der Waals surface area contributed by atoms with E-state index < -0.39 is 9.84 Å². The highest BCUT2D eigenvalue weighted by Gasteiger charge is 2.21. The smallest absolute Gasteiger partial charge is 0.231 e. The first-order chi connectivity index (χ1) is 12.1. The monoisotopic (exact) mass is 368 g/mol. The van der Waals surface area contributed by atoms with E-state index >= 15 is 0 Å². The molecule has 2 aliphatic rings. The van der Waals surface area contributed by atoms with E-state index in [0.29, 0.717) is 32.1 Å². The molecule has 0 radical (unpaired) electrons. The van der Waals surface area contributed by atoms with E-state index in [9.17, 15) is 8.42 Å². The van der Waals surface area contributed by atoms with Crippen molar-refractivity contribution < 1.29 is 17.9 Å². The first-order valence-electron chi connectivity index (χ1n) is 8.31. The number of hydrogen-bond donors (Lipinski definition) is 2. The zero-order chi connectivity index (χ0) is 17.7. The van der Waals surface area contributed by atoms with E-state index in [1.165, 1.54) is 0 Å². The second-order valence-corrected chi connectivity index (χ2v) is 8.34. The lowest BCUT2D eigenvalue weighted by Gasteiger charge is -2.26. The highest BCUT2D eigenvalue weighted by Crippen LogP contribution is 2.32. The van der Waals surface area contributed by atoms with E-state index in [4.69, 9.17) is 9.47 Å². The summed E-state index contributed by atoms with van der Waals surface area (Å²) in [5.41, 5.74) is 1.08. The van der Waals surface area contributed by atoms with Gasteiger partial charge in [-0.25, -0.2) is 8.42 Å². The highest BCUT2D eigenvalue weighted by atomic mass is 32.2. The molecule has 1 aromatic rings. The molecule has 1 fully saturated rings. The molecule has 2 aliphatic heterocycles. The van der Waals surface area contributed by atoms with Gasteiger partial charge in [0.15, 0.2) is 27.3 Å². The van der Waals surface area contributed by atoms with Gasteiger partial charge in [0.1, 0.15) is 0 Å². The molecule has 1 saturated heterocycles. The zero-order valence-corrected chi connectivity index (χ0v) is 15.1. The highest BCUT2D eigenvalue weighted by molar-refractivity contribution is 7.91. The Hall–Kier alpha value is -2.00. The molecule has 0 saturated carbocycles. The quantitative estimate of drug-likeness (QED) is 0.550. The first kappa shape index (κ1) is 17.8. The van der Waals surface area contributed by atoms with E-state index in [0.717, 1.165) is 23.6 Å². The van der Waals surface area contributed by atoms with Crippen molar-refractivity contribution in [1.29, 1.82) is 0 Å². The Kier molecular flexibility index (Phi) is 5.64. The van der Waals surface area contributed by atoms with E-state index in [-0.39, 0.29) is 18.3 Å². The molecule has 0 aromatic heterocycles. The van der Waals surface area contributed by atoms with Gasteiger partial charge in [0.05, 0.1) is 11.5 Å². The minimum Gasteiger partial charge on any atom is -0.454 e. The van der Waals surface area contributed by atoms with Crippen molar-refractivity contribution in [2.45, 2.75) is 6.54 Å². The normalized spacial score (nSPS) is 19.6. The van der Waals surface area contributed by atoms with Crippen molar-refractivity contribution in [1.82, 2.24) is 15.5 Å². The average molecular weight is 368 g/mol. The summed E-state index contributed by atoms with van der Waals surface area (Å²) in [7, 11) is -1.10. The van der Waals surface area contributed by atoms with Crippen molar-refractivity contribution in [2.24, 2.45) is 4.99 Å². The molecule has 9 heteroatoms. The van der Waals surface area contributed by atoms with Crippen LogP contribution in [-0.2, 0) is 16.4 Å². The molecule has 138 valence electrons. The lowest BCUT2D eigenvalue weighted by atomic mass is 10.2. The molecule has 0 bridgehead atoms. The van der Waals surface area contributed by atoms with Crippen LogP contribution in [0, 0.1) is 0 Å². The summed E-state index contributed by atoms with van der Waals surface area (Å²) in [6.45, 7) is 3.60. The predicted octanol–water partition coefficient (Wildman–Crippen LogP) is -0.189. The molecule has 0 spiro atoms. The van der Waals surface area contributed by atoms with E-state index in [1.54, 1.807) is 7.05 Å². The van der Waals surface area contributed by atoms with Crippen LogP contribution in [0.15, 0.2) is 23.2 Å². The molecule has 0 aliphatic carbocycles. The van der Waals surface area contributed by atoms with Crippen molar-refractivity contribution in [3.63, 3.8) is 0 Å². The minimum absolute atomic E-state index is 0.254. The maximum atomic E-state index is 11.4. The van der Waals surface area contributed by atoms with Gasteiger partial charge >= 0.3 is 0 Å². The van der Waals surface area contributed by atoms with Gasteiger partial charge in [-0.05, 0) is 17.7 Å². The van der Waals surface area contributed by atoms with Crippen molar-refractivity contribution >= 4 is 15.8 Å². The molecule has 2 heterocycles. The maximum Gasteiger partial charge on any atom is 0.231 e. The average Bonchev–Trinajstić information content (AvgIpc) is 3.07. The van der Waals surface area contributed by atoms with Crippen LogP contribution in [0.5, 0.6) is 11.5 Å². The number of hydrogen-bond acceptors (Lipinski definition) is 6. The topological polar surface area (TPSA) is 92.3 Å². The molecule has 0 atom stereocenters. The third-order valence-corrected chi connectivity index (χ3v) is 5.89. The standard InChI is InChI=1S/C16H24N4O4S/c1-17-16(18-4-5-20-6-8-25(21,22)9-7-20)19-11-13-2-3-14-15(10-13)24-12-23-14/h2-3,10H,4-9,11-12H2,1H3,(H2,17,18,19). The molecule has 8 nitrogen and oxygen atoms in total. The molecular weight excluding hydrogens is 344 g/mol. The Morgan fingerprint density at radius 3 is 2.72 bits per heavy atom. The maximum absolute atomic E-state index is 11.4. The van der Waals surface area contributed by atoms with Crippen LogP contribution >= 0.6 is 0 Å². The van der Waals surface area contributed by atoms with Crippen molar-refractivity contribution in [2.75, 3.05) is 51.5 Å². The molecule has 25 heavy (non-hydrogen) atoms. The fourth-order valence-corrected chi connectivity index (χ4v) is 4.04. The Bertz CT molecular complexity index is 722. The van der Waals surface area contributed by atoms with Gasteiger partial charge in [0.2, 0.25) is 6.79 Å². The number of benzene rings is 1. The predicted molar refractivity (Wildman–Crippen MR) is 95.9 cm³/mol. The van der Waals surface area contributed by atoms with Gasteiger partial charge in [-0.3, -0.25) is 9.89 Å². The summed E-state index contributed by atoms with van der Waals surface area (Å²) in [4.78, 5) is 6.36. The number of fused-ring (bicyclic) bond motifs is 1. The van der Waals surface area contributed by atoms with Gasteiger partial charge in [-0.2, -0.15) is 0 Å². The Morgan fingerprint density at radius 2 is 1.96 bits per heavy atom. The van der Waals surface area contributed by atoms with Gasteiger partial charge in [0, 0.05) is 39.8 Å². The number of aliphatic imine (C=N–C) groups is 1. The van der Waals surface area contributed by atoms with Crippen LogP contribution in [0.3, 0.4) is 0 Å². The zero-order valence-electron chi connectivity index (χ0n) is 14.3. The van der Waals surface area contributed by atoms with Crippen molar-refractivity contribution in [3.05, 3.63) is 23.8 Å². The molecule has 0 amide bonds. The van der Waals surface area contributed by atoms with Crippen LogP contribution in [0.1, 0.15) is 5.56 Å². The molecule has 1 aromatic carbocycles. The van der Waals surface area contributed by atoms with Gasteiger partial charge in [-0.15, -0.1) is 0 Å². The van der Waals surface area contributed by atoms with Crippen LogP contribution in [-0.4, -0.2) is 70.8 Å². The van der Waals surface area contributed by atoms with E-state index in [2.05, 4.69) is 20.5 Å². The summed E-state index contributed by atoms with van der Waals surface area (Å²) in [6.07, 6.45) is 0. The van der Waals surface area contributed by atoms with Gasteiger partial charge < -0.3 is 20.1 Å². The number of nitrogens with zero attached hydrogens (tertiary/aromatic N) is 2. The summed E-state index contributed by atoms with van der Waals surface area (Å²) in [5, 5.41) is 6.51. The van der Waals surface area contributed by atoms with Crippen LogP contribution in [0.2, 0.25) is 0 Å². The fourth-order valence-electron chi connectivity index (χ4n) is 2.76.